The molecular formula is C11H24N2O. The number of hydroxylamine groups is 1. The van der Waals surface area contributed by atoms with Crippen LogP contribution in [0, 0.1) is 11.8 Å². The lowest BCUT2D eigenvalue weighted by Crippen LogP contribution is -2.31. The summed E-state index contributed by atoms with van der Waals surface area (Å²) in [6, 6.07) is 0.453. The van der Waals surface area contributed by atoms with Gasteiger partial charge in [0.15, 0.2) is 0 Å². The minimum Gasteiger partial charge on any atom is -0.328 e. The summed E-state index contributed by atoms with van der Waals surface area (Å²) in [5.74, 6) is 1.53. The Hall–Kier alpha value is -0.120. The lowest BCUT2D eigenvalue weighted by Gasteiger charge is -2.31. The second-order valence-corrected chi connectivity index (χ2v) is 4.36. The average Bonchev–Trinajstić information content (AvgIpc) is 2.21. The highest BCUT2D eigenvalue weighted by Gasteiger charge is 2.25. The highest BCUT2D eigenvalue weighted by molar-refractivity contribution is 4.78. The molecule has 3 heteroatoms. The van der Waals surface area contributed by atoms with E-state index in [4.69, 9.17) is 10.6 Å². The molecule has 84 valence electrons. The summed E-state index contributed by atoms with van der Waals surface area (Å²) in [5, 5.41) is 0. The topological polar surface area (TPSA) is 47.3 Å². The van der Waals surface area contributed by atoms with Gasteiger partial charge in [-0.1, -0.05) is 13.3 Å². The third kappa shape index (κ3) is 3.56. The summed E-state index contributed by atoms with van der Waals surface area (Å²) in [4.78, 5) is 5.29. The van der Waals surface area contributed by atoms with E-state index < -0.39 is 0 Å². The molecule has 0 heterocycles. The van der Waals surface area contributed by atoms with Crippen molar-refractivity contribution in [3.05, 3.63) is 0 Å². The first-order valence-electron chi connectivity index (χ1n) is 5.82. The van der Waals surface area contributed by atoms with Crippen molar-refractivity contribution in [3.63, 3.8) is 0 Å². The van der Waals surface area contributed by atoms with E-state index in [0.717, 1.165) is 12.5 Å². The Morgan fingerprint density at radius 3 is 2.50 bits per heavy atom. The SMILES string of the molecule is CCC(CONC)C1CCC(N)CC1. The molecule has 3 nitrogen and oxygen atoms in total. The molecule has 0 aromatic heterocycles. The van der Waals surface area contributed by atoms with E-state index in [1.165, 1.54) is 32.1 Å². The van der Waals surface area contributed by atoms with Crippen LogP contribution in [0.2, 0.25) is 0 Å². The maximum Gasteiger partial charge on any atom is 0.0712 e. The Bertz CT molecular complexity index is 141. The molecule has 1 unspecified atom stereocenters. The van der Waals surface area contributed by atoms with Gasteiger partial charge in [0.05, 0.1) is 6.61 Å². The van der Waals surface area contributed by atoms with Gasteiger partial charge in [0, 0.05) is 13.1 Å². The maximum atomic E-state index is 5.90. The minimum absolute atomic E-state index is 0.453. The van der Waals surface area contributed by atoms with Crippen LogP contribution in [0.25, 0.3) is 0 Å². The highest BCUT2D eigenvalue weighted by atomic mass is 16.6. The molecule has 1 rings (SSSR count). The van der Waals surface area contributed by atoms with Crippen molar-refractivity contribution < 1.29 is 4.84 Å². The van der Waals surface area contributed by atoms with Crippen LogP contribution in [-0.2, 0) is 4.84 Å². The van der Waals surface area contributed by atoms with Crippen LogP contribution in [0.15, 0.2) is 0 Å². The van der Waals surface area contributed by atoms with Crippen molar-refractivity contribution in [1.29, 1.82) is 0 Å². The van der Waals surface area contributed by atoms with Crippen LogP contribution in [0.4, 0.5) is 0 Å². The maximum absolute atomic E-state index is 5.90. The number of rotatable bonds is 5. The average molecular weight is 200 g/mol. The van der Waals surface area contributed by atoms with Crippen LogP contribution in [-0.4, -0.2) is 19.7 Å². The van der Waals surface area contributed by atoms with Gasteiger partial charge in [-0.25, -0.2) is 5.48 Å². The molecule has 0 radical (unpaired) electrons. The smallest absolute Gasteiger partial charge is 0.0712 e. The number of hydrogen-bond acceptors (Lipinski definition) is 3. The van der Waals surface area contributed by atoms with Gasteiger partial charge in [-0.15, -0.1) is 0 Å². The summed E-state index contributed by atoms with van der Waals surface area (Å²) in [7, 11) is 1.82. The molecule has 0 aromatic rings. The van der Waals surface area contributed by atoms with Gasteiger partial charge in [-0.05, 0) is 37.5 Å². The quantitative estimate of drug-likeness (QED) is 0.664. The van der Waals surface area contributed by atoms with Crippen molar-refractivity contribution in [2.24, 2.45) is 17.6 Å². The molecule has 14 heavy (non-hydrogen) atoms. The fourth-order valence-corrected chi connectivity index (χ4v) is 2.39. The Morgan fingerprint density at radius 2 is 2.00 bits per heavy atom. The minimum atomic E-state index is 0.453. The first kappa shape index (κ1) is 12.0. The van der Waals surface area contributed by atoms with E-state index in [9.17, 15) is 0 Å². The highest BCUT2D eigenvalue weighted by Crippen LogP contribution is 2.31. The third-order valence-electron chi connectivity index (χ3n) is 3.45. The zero-order valence-electron chi connectivity index (χ0n) is 9.46. The molecule has 0 spiro atoms. The summed E-state index contributed by atoms with van der Waals surface area (Å²) in [6.45, 7) is 3.09. The lowest BCUT2D eigenvalue weighted by atomic mass is 9.78. The molecule has 1 fully saturated rings. The van der Waals surface area contributed by atoms with Crippen molar-refractivity contribution in [3.8, 4) is 0 Å². The number of nitrogens with two attached hydrogens (primary N) is 1. The molecule has 0 aromatic carbocycles. The fraction of sp³-hybridized carbons (Fsp3) is 1.00. The van der Waals surface area contributed by atoms with Gasteiger partial charge in [-0.2, -0.15) is 0 Å². The molecule has 0 aliphatic heterocycles. The zero-order valence-corrected chi connectivity index (χ0v) is 9.46. The first-order valence-corrected chi connectivity index (χ1v) is 5.82. The van der Waals surface area contributed by atoms with Crippen LogP contribution in [0.5, 0.6) is 0 Å². The summed E-state index contributed by atoms with van der Waals surface area (Å²) in [6.07, 6.45) is 6.17. The van der Waals surface area contributed by atoms with E-state index in [1.54, 1.807) is 0 Å². The van der Waals surface area contributed by atoms with Crippen LogP contribution >= 0.6 is 0 Å². The molecule has 1 atom stereocenters. The molecule has 0 bridgehead atoms. The third-order valence-corrected chi connectivity index (χ3v) is 3.45. The van der Waals surface area contributed by atoms with Gasteiger partial charge in [0.1, 0.15) is 0 Å². The van der Waals surface area contributed by atoms with Crippen LogP contribution in [0.3, 0.4) is 0 Å². The Labute approximate surface area is 87.3 Å². The summed E-state index contributed by atoms with van der Waals surface area (Å²) >= 11 is 0. The second-order valence-electron chi connectivity index (χ2n) is 4.36. The van der Waals surface area contributed by atoms with Gasteiger partial charge in [0.25, 0.3) is 0 Å². The van der Waals surface area contributed by atoms with Gasteiger partial charge < -0.3 is 10.6 Å². The van der Waals surface area contributed by atoms with Crippen molar-refractivity contribution in [2.45, 2.75) is 45.1 Å². The van der Waals surface area contributed by atoms with Gasteiger partial charge in [-0.3, -0.25) is 0 Å². The summed E-state index contributed by atoms with van der Waals surface area (Å²) in [5.41, 5.74) is 8.65. The van der Waals surface area contributed by atoms with E-state index in [-0.39, 0.29) is 0 Å². The molecular weight excluding hydrogens is 176 g/mol. The van der Waals surface area contributed by atoms with Crippen molar-refractivity contribution in [2.75, 3.05) is 13.7 Å². The summed E-state index contributed by atoms with van der Waals surface area (Å²) < 4.78 is 0. The van der Waals surface area contributed by atoms with E-state index >= 15 is 0 Å². The molecule has 3 N–H and O–H groups in total. The number of nitrogens with one attached hydrogen (secondary N) is 1. The Balaban J connectivity index is 2.29. The number of hydrogen-bond donors (Lipinski definition) is 2. The predicted octanol–water partition coefficient (Wildman–Crippen LogP) is 1.68. The van der Waals surface area contributed by atoms with Crippen LogP contribution in [0.1, 0.15) is 39.0 Å². The van der Waals surface area contributed by atoms with Gasteiger partial charge in [0.2, 0.25) is 0 Å². The largest absolute Gasteiger partial charge is 0.328 e. The van der Waals surface area contributed by atoms with E-state index in [2.05, 4.69) is 12.4 Å². The Kier molecular flexibility index (Phi) is 5.45. The second kappa shape index (κ2) is 6.38. The monoisotopic (exact) mass is 200 g/mol. The lowest BCUT2D eigenvalue weighted by molar-refractivity contribution is 0.00920. The normalized spacial score (nSPS) is 30.2. The van der Waals surface area contributed by atoms with Gasteiger partial charge >= 0.3 is 0 Å². The van der Waals surface area contributed by atoms with Crippen molar-refractivity contribution >= 4 is 0 Å². The molecule has 0 saturated heterocycles. The molecule has 1 aliphatic rings. The fourth-order valence-electron chi connectivity index (χ4n) is 2.39. The van der Waals surface area contributed by atoms with Crippen LogP contribution < -0.4 is 11.2 Å². The first-order chi connectivity index (χ1) is 6.77. The molecule has 1 saturated carbocycles. The van der Waals surface area contributed by atoms with E-state index in [1.807, 2.05) is 7.05 Å². The molecule has 1 aliphatic carbocycles. The predicted molar refractivity (Wildman–Crippen MR) is 58.7 cm³/mol. The Morgan fingerprint density at radius 1 is 1.36 bits per heavy atom. The standard InChI is InChI=1S/C11H24N2O/c1-3-9(8-14-13-2)10-4-6-11(12)7-5-10/h9-11,13H,3-8,12H2,1-2H3. The van der Waals surface area contributed by atoms with E-state index in [0.29, 0.717) is 12.0 Å². The zero-order chi connectivity index (χ0) is 10.4. The van der Waals surface area contributed by atoms with Crippen molar-refractivity contribution in [1.82, 2.24) is 5.48 Å². The molecule has 0 amide bonds.